The number of fused-ring (bicyclic) bond motifs is 6. The molecule has 0 aliphatic carbocycles. The van der Waals surface area contributed by atoms with Gasteiger partial charge >= 0.3 is 0 Å². The van der Waals surface area contributed by atoms with E-state index in [-0.39, 0.29) is 21.0 Å². The number of ether oxygens (including phenoxy) is 4. The van der Waals surface area contributed by atoms with Gasteiger partial charge in [0, 0.05) is 146 Å². The third-order valence-corrected chi connectivity index (χ3v) is 20.6. The lowest BCUT2D eigenvalue weighted by molar-refractivity contribution is 0.0558. The van der Waals surface area contributed by atoms with Crippen LogP contribution in [0.3, 0.4) is 0 Å². The monoisotopic (exact) mass is 1210 g/mol. The maximum absolute atomic E-state index is 14.7. The van der Waals surface area contributed by atoms with Gasteiger partial charge < -0.3 is 39.0 Å². The van der Waals surface area contributed by atoms with Gasteiger partial charge in [-0.1, -0.05) is 60.1 Å². The maximum Gasteiger partial charge on any atom is 0.176 e. The standard InChI is InChI=1S/C33H34FN3O4S.C17H13ClFNO2S.C16H22N2O2/c1-22-31(26-5-3-4-6-30(26)42(2,38)39)35-28-19-23(34)7-9-25(28)32(22)37-21-33(11-15-40-16-12-33)27-10-8-24(20-29(27)37)36-13-17-41-18-14-36;1-10-16(18)12-8-7-11(19)9-14(12)20-17(10)13-5-3-4-6-15(13)23(2,21)22;1-2-14-15(11-13(1)18-5-9-20-10-6-18)17-12-16(14)3-7-19-8-4-16/h3-10,19-20H,11-18,21H2,1-2H3;3-9H,1-2H3;1-2,11,17H,3-10,12H2. The molecule has 444 valence electrons. The summed E-state index contributed by atoms with van der Waals surface area (Å²) < 4.78 is 100. The predicted octanol–water partition coefficient (Wildman–Crippen LogP) is 12.2. The van der Waals surface area contributed by atoms with E-state index in [9.17, 15) is 25.6 Å². The van der Waals surface area contributed by atoms with Crippen LogP contribution < -0.4 is 20.0 Å². The molecule has 1 N–H and O–H groups in total. The quantitative estimate of drug-likeness (QED) is 0.161. The molecule has 6 aliphatic heterocycles. The fourth-order valence-corrected chi connectivity index (χ4v) is 15.3. The minimum Gasteiger partial charge on any atom is -0.384 e. The summed E-state index contributed by atoms with van der Waals surface area (Å²) in [6, 6.07) is 36.1. The predicted molar refractivity (Wildman–Crippen MR) is 333 cm³/mol. The van der Waals surface area contributed by atoms with Crippen LogP contribution in [0.15, 0.2) is 131 Å². The van der Waals surface area contributed by atoms with Crippen molar-refractivity contribution >= 4 is 81.5 Å². The molecule has 2 spiro atoms. The zero-order valence-corrected chi connectivity index (χ0v) is 50.6. The average molecular weight is 1210 g/mol. The fraction of sp³-hybridized carbons (Fsp3) is 0.364. The topological polar surface area (TPSA) is 153 Å². The van der Waals surface area contributed by atoms with E-state index < -0.39 is 25.5 Å². The number of nitrogens with one attached hydrogen (secondary N) is 1. The van der Waals surface area contributed by atoms with E-state index in [1.54, 1.807) is 55.5 Å². The maximum atomic E-state index is 14.7. The van der Waals surface area contributed by atoms with Gasteiger partial charge in [-0.15, -0.1) is 0 Å². The number of anilines is 5. The Labute approximate surface area is 500 Å². The van der Waals surface area contributed by atoms with Gasteiger partial charge in [-0.2, -0.15) is 0 Å². The lowest BCUT2D eigenvalue weighted by Gasteiger charge is -2.35. The second-order valence-corrected chi connectivity index (χ2v) is 27.4. The van der Waals surface area contributed by atoms with Crippen LogP contribution in [0.4, 0.5) is 37.2 Å². The Morgan fingerprint density at radius 1 is 0.541 bits per heavy atom. The average Bonchev–Trinajstić information content (AvgIpc) is 1.75. The molecule has 2 aromatic heterocycles. The third kappa shape index (κ3) is 11.6. The highest BCUT2D eigenvalue weighted by Crippen LogP contribution is 2.53. The molecule has 4 saturated heterocycles. The summed E-state index contributed by atoms with van der Waals surface area (Å²) in [5.74, 6) is -0.809. The fourth-order valence-electron chi connectivity index (χ4n) is 13.3. The van der Waals surface area contributed by atoms with Crippen molar-refractivity contribution in [1.29, 1.82) is 0 Å². The normalized spacial score (nSPS) is 18.1. The van der Waals surface area contributed by atoms with E-state index in [4.69, 9.17) is 35.5 Å². The lowest BCUT2D eigenvalue weighted by atomic mass is 9.76. The number of pyridine rings is 2. The van der Waals surface area contributed by atoms with Crippen molar-refractivity contribution in [2.24, 2.45) is 0 Å². The Balaban J connectivity index is 0.000000138. The first-order valence-corrected chi connectivity index (χ1v) is 33.1. The lowest BCUT2D eigenvalue weighted by Crippen LogP contribution is -2.37. The van der Waals surface area contributed by atoms with Gasteiger partial charge in [-0.05, 0) is 122 Å². The van der Waals surface area contributed by atoms with Crippen LogP contribution >= 0.6 is 11.6 Å². The van der Waals surface area contributed by atoms with Crippen molar-refractivity contribution < 1.29 is 44.6 Å². The molecule has 8 aromatic rings. The molecule has 85 heavy (non-hydrogen) atoms. The molecule has 6 aromatic carbocycles. The molecule has 6 aliphatic rings. The molecule has 0 atom stereocenters. The Morgan fingerprint density at radius 2 is 1.01 bits per heavy atom. The number of sulfone groups is 2. The highest BCUT2D eigenvalue weighted by molar-refractivity contribution is 7.91. The minimum atomic E-state index is -3.54. The number of halogens is 3. The molecule has 14 rings (SSSR count). The van der Waals surface area contributed by atoms with Gasteiger partial charge in [0.15, 0.2) is 19.7 Å². The summed E-state index contributed by atoms with van der Waals surface area (Å²) in [6.45, 7) is 15.5. The Morgan fingerprint density at radius 3 is 1.56 bits per heavy atom. The van der Waals surface area contributed by atoms with Crippen LogP contribution in [0.2, 0.25) is 5.02 Å². The first kappa shape index (κ1) is 58.6. The van der Waals surface area contributed by atoms with E-state index in [0.717, 1.165) is 126 Å². The zero-order valence-electron chi connectivity index (χ0n) is 48.2. The molecule has 0 bridgehead atoms. The molecule has 19 heteroatoms. The summed E-state index contributed by atoms with van der Waals surface area (Å²) in [7, 11) is -6.97. The summed E-state index contributed by atoms with van der Waals surface area (Å²) in [5, 5.41) is 5.53. The first-order valence-electron chi connectivity index (χ1n) is 29.0. The number of hydrogen-bond acceptors (Lipinski definition) is 14. The summed E-state index contributed by atoms with van der Waals surface area (Å²) >= 11 is 6.39. The van der Waals surface area contributed by atoms with Crippen molar-refractivity contribution in [3.63, 3.8) is 0 Å². The number of nitrogens with zero attached hydrogens (tertiary/aromatic N) is 5. The number of benzene rings is 6. The molecular formula is C66H69ClF2N6O8S2. The molecule has 8 heterocycles. The molecule has 0 radical (unpaired) electrons. The van der Waals surface area contributed by atoms with Crippen LogP contribution in [-0.4, -0.2) is 131 Å². The van der Waals surface area contributed by atoms with Gasteiger partial charge in [0.2, 0.25) is 0 Å². The van der Waals surface area contributed by atoms with Crippen LogP contribution in [0.5, 0.6) is 0 Å². The van der Waals surface area contributed by atoms with Crippen LogP contribution in [-0.2, 0) is 49.5 Å². The molecule has 4 fully saturated rings. The van der Waals surface area contributed by atoms with Crippen molar-refractivity contribution in [1.82, 2.24) is 9.97 Å². The molecule has 0 saturated carbocycles. The van der Waals surface area contributed by atoms with Gasteiger partial charge in [0.1, 0.15) is 11.6 Å². The smallest absolute Gasteiger partial charge is 0.176 e. The van der Waals surface area contributed by atoms with E-state index in [2.05, 4.69) is 61.4 Å². The Kier molecular flexibility index (Phi) is 16.4. The SMILES string of the molecule is Cc1c(-c2ccccc2S(C)(=O)=O)nc2cc(F)ccc2c1Cl.Cc1c(-c2ccccc2S(C)(=O)=O)nc2cc(F)ccc2c1N1CC2(CCOCC2)c2ccc(N3CCOCC3)cc21.c1cc2c(cc1N1CCOCC1)NCC21CCOCC1. The Hall–Kier alpha value is -6.77. The van der Waals surface area contributed by atoms with E-state index in [0.29, 0.717) is 81.4 Å². The molecule has 0 amide bonds. The van der Waals surface area contributed by atoms with Crippen molar-refractivity contribution in [3.05, 3.63) is 160 Å². The van der Waals surface area contributed by atoms with Gasteiger partial charge in [0.25, 0.3) is 0 Å². The largest absolute Gasteiger partial charge is 0.384 e. The summed E-state index contributed by atoms with van der Waals surface area (Å²) in [4.78, 5) is 16.9. The molecular weight excluding hydrogens is 1140 g/mol. The second-order valence-electron chi connectivity index (χ2n) is 23.0. The van der Waals surface area contributed by atoms with Crippen LogP contribution in [0.1, 0.15) is 47.9 Å². The van der Waals surface area contributed by atoms with Crippen molar-refractivity contribution in [2.75, 3.05) is 125 Å². The zero-order chi connectivity index (χ0) is 59.3. The number of rotatable bonds is 7. The molecule has 0 unspecified atom stereocenters. The number of morpholine rings is 2. The summed E-state index contributed by atoms with van der Waals surface area (Å²) in [6.07, 6.45) is 6.46. The Bertz CT molecular complexity index is 4090. The highest BCUT2D eigenvalue weighted by atomic mass is 35.5. The van der Waals surface area contributed by atoms with Crippen molar-refractivity contribution in [2.45, 2.75) is 60.2 Å². The number of aromatic nitrogens is 2. The highest BCUT2D eigenvalue weighted by Gasteiger charge is 2.46. The third-order valence-electron chi connectivity index (χ3n) is 17.8. The number of hydrogen-bond donors (Lipinski definition) is 1. The van der Waals surface area contributed by atoms with Gasteiger partial charge in [0.05, 0.1) is 69.3 Å². The first-order chi connectivity index (χ1) is 40.9. The van der Waals surface area contributed by atoms with Crippen LogP contribution in [0, 0.1) is 25.5 Å². The van der Waals surface area contributed by atoms with Crippen LogP contribution in [0.25, 0.3) is 44.3 Å². The van der Waals surface area contributed by atoms with Gasteiger partial charge in [-0.25, -0.2) is 35.6 Å². The van der Waals surface area contributed by atoms with Gasteiger partial charge in [-0.3, -0.25) is 0 Å². The van der Waals surface area contributed by atoms with Crippen molar-refractivity contribution in [3.8, 4) is 22.5 Å². The minimum absolute atomic E-state index is 0.0794. The second kappa shape index (κ2) is 23.8. The van der Waals surface area contributed by atoms with E-state index in [1.807, 2.05) is 13.0 Å². The van der Waals surface area contributed by atoms with E-state index in [1.165, 1.54) is 59.1 Å². The van der Waals surface area contributed by atoms with E-state index >= 15 is 0 Å². The molecule has 14 nitrogen and oxygen atoms in total. The summed E-state index contributed by atoms with van der Waals surface area (Å²) in [5.41, 5.74) is 13.3.